The number of carbonyl (C=O) groups is 1. The highest BCUT2D eigenvalue weighted by Crippen LogP contribution is 2.24. The van der Waals surface area contributed by atoms with Crippen LogP contribution >= 0.6 is 27.3 Å². The smallest absolute Gasteiger partial charge is 0.163 e. The Kier molecular flexibility index (Phi) is 4.71. The van der Waals surface area contributed by atoms with Crippen LogP contribution in [0.2, 0.25) is 0 Å². The summed E-state index contributed by atoms with van der Waals surface area (Å²) in [5.74, 6) is 0.642. The average molecular weight is 340 g/mol. The van der Waals surface area contributed by atoms with E-state index in [1.807, 2.05) is 24.6 Å². The normalized spacial score (nSPS) is 10.5. The Bertz CT molecular complexity index is 595. The number of aromatic nitrogens is 1. The lowest BCUT2D eigenvalue weighted by Crippen LogP contribution is -2.05. The summed E-state index contributed by atoms with van der Waals surface area (Å²) in [6.07, 6.45) is 0.809. The fourth-order valence-corrected chi connectivity index (χ4v) is 2.85. The number of hydrogen-bond acceptors (Lipinski definition) is 4. The van der Waals surface area contributed by atoms with Gasteiger partial charge in [0.1, 0.15) is 5.75 Å². The minimum atomic E-state index is 0.00488. The number of Topliss-reactive ketones (excluding diaryl/α,β-unsaturated/α-hetero) is 1. The molecule has 0 amide bonds. The highest BCUT2D eigenvalue weighted by molar-refractivity contribution is 9.10. The minimum absolute atomic E-state index is 0.00488. The lowest BCUT2D eigenvalue weighted by atomic mass is 10.1. The van der Waals surface area contributed by atoms with Crippen LogP contribution in [-0.2, 0) is 6.42 Å². The maximum atomic E-state index is 11.6. The first-order valence-electron chi connectivity index (χ1n) is 5.90. The van der Waals surface area contributed by atoms with E-state index in [4.69, 9.17) is 4.74 Å². The zero-order chi connectivity index (χ0) is 13.8. The quantitative estimate of drug-likeness (QED) is 0.771. The van der Waals surface area contributed by atoms with Gasteiger partial charge >= 0.3 is 0 Å². The third-order valence-electron chi connectivity index (χ3n) is 2.75. The first kappa shape index (κ1) is 14.2. The number of nitrogens with zero attached hydrogens (tertiary/aromatic N) is 1. The Morgan fingerprint density at radius 1 is 1.47 bits per heavy atom. The molecule has 0 bridgehead atoms. The first-order chi connectivity index (χ1) is 9.08. The van der Waals surface area contributed by atoms with Crippen molar-refractivity contribution >= 4 is 33.0 Å². The molecule has 1 heterocycles. The van der Waals surface area contributed by atoms with E-state index in [1.54, 1.807) is 24.3 Å². The average Bonchev–Trinajstić information content (AvgIpc) is 2.77. The molecule has 2 rings (SSSR count). The van der Waals surface area contributed by atoms with E-state index >= 15 is 0 Å². The topological polar surface area (TPSA) is 39.2 Å². The van der Waals surface area contributed by atoms with Crippen molar-refractivity contribution in [3.8, 4) is 5.75 Å². The van der Waals surface area contributed by atoms with Gasteiger partial charge in [0.15, 0.2) is 5.78 Å². The van der Waals surface area contributed by atoms with Crippen molar-refractivity contribution in [1.29, 1.82) is 0 Å². The van der Waals surface area contributed by atoms with Crippen LogP contribution in [0.5, 0.6) is 5.75 Å². The van der Waals surface area contributed by atoms with E-state index in [9.17, 15) is 4.79 Å². The Morgan fingerprint density at radius 3 is 2.89 bits per heavy atom. The summed E-state index contributed by atoms with van der Waals surface area (Å²) >= 11 is 4.99. The van der Waals surface area contributed by atoms with Crippen molar-refractivity contribution in [2.75, 3.05) is 6.61 Å². The molecule has 1 aromatic heterocycles. The summed E-state index contributed by atoms with van der Waals surface area (Å²) in [4.78, 5) is 17.0. The summed E-state index contributed by atoms with van der Waals surface area (Å²) < 4.78 is 6.60. The SMILES string of the molecule is CC(=O)c1cc(Br)ccc1OCCc1scnc1C. The van der Waals surface area contributed by atoms with Gasteiger partial charge in [0.2, 0.25) is 0 Å². The van der Waals surface area contributed by atoms with E-state index in [2.05, 4.69) is 20.9 Å². The summed E-state index contributed by atoms with van der Waals surface area (Å²) in [6, 6.07) is 5.48. The molecule has 0 atom stereocenters. The van der Waals surface area contributed by atoms with Crippen LogP contribution in [0, 0.1) is 6.92 Å². The van der Waals surface area contributed by atoms with E-state index < -0.39 is 0 Å². The highest BCUT2D eigenvalue weighted by atomic mass is 79.9. The predicted molar refractivity (Wildman–Crippen MR) is 80.2 cm³/mol. The number of carbonyl (C=O) groups excluding carboxylic acids is 1. The maximum Gasteiger partial charge on any atom is 0.163 e. The molecule has 0 saturated carbocycles. The first-order valence-corrected chi connectivity index (χ1v) is 7.57. The zero-order valence-corrected chi connectivity index (χ0v) is 13.2. The molecule has 0 N–H and O–H groups in total. The number of halogens is 1. The second kappa shape index (κ2) is 6.30. The fourth-order valence-electron chi connectivity index (χ4n) is 1.72. The lowest BCUT2D eigenvalue weighted by molar-refractivity contribution is 0.101. The Morgan fingerprint density at radius 2 is 2.26 bits per heavy atom. The lowest BCUT2D eigenvalue weighted by Gasteiger charge is -2.09. The van der Waals surface area contributed by atoms with Crippen molar-refractivity contribution in [2.45, 2.75) is 20.3 Å². The van der Waals surface area contributed by atoms with Crippen LogP contribution in [0.3, 0.4) is 0 Å². The second-order valence-corrected chi connectivity index (χ2v) is 6.01. The molecule has 0 unspecified atom stereocenters. The Labute approximate surface area is 124 Å². The van der Waals surface area contributed by atoms with E-state index in [-0.39, 0.29) is 5.78 Å². The molecule has 100 valence electrons. The molecule has 0 radical (unpaired) electrons. The van der Waals surface area contributed by atoms with Gasteiger partial charge in [-0.2, -0.15) is 0 Å². The summed E-state index contributed by atoms with van der Waals surface area (Å²) in [5.41, 5.74) is 3.50. The molecule has 0 spiro atoms. The number of ketones is 1. The summed E-state index contributed by atoms with van der Waals surface area (Å²) in [6.45, 7) is 4.08. The van der Waals surface area contributed by atoms with E-state index in [1.165, 1.54) is 4.88 Å². The standard InChI is InChI=1S/C14H14BrNO2S/c1-9-14(19-8-16-9)5-6-18-13-4-3-11(15)7-12(13)10(2)17/h3-4,7-8H,5-6H2,1-2H3. The zero-order valence-electron chi connectivity index (χ0n) is 10.8. The molecule has 0 aliphatic heterocycles. The predicted octanol–water partition coefficient (Wildman–Crippen LogP) is 4.04. The van der Waals surface area contributed by atoms with E-state index in [0.29, 0.717) is 17.9 Å². The van der Waals surface area contributed by atoms with Gasteiger partial charge in [0.25, 0.3) is 0 Å². The molecule has 0 saturated heterocycles. The van der Waals surface area contributed by atoms with Crippen LogP contribution in [0.15, 0.2) is 28.2 Å². The molecule has 2 aromatic rings. The van der Waals surface area contributed by atoms with Gasteiger partial charge in [0, 0.05) is 15.8 Å². The van der Waals surface area contributed by atoms with Crippen LogP contribution in [0.1, 0.15) is 27.9 Å². The molecular formula is C14H14BrNO2S. The minimum Gasteiger partial charge on any atom is -0.492 e. The van der Waals surface area contributed by atoms with Crippen molar-refractivity contribution < 1.29 is 9.53 Å². The van der Waals surface area contributed by atoms with Gasteiger partial charge < -0.3 is 4.74 Å². The fraction of sp³-hybridized carbons (Fsp3) is 0.286. The van der Waals surface area contributed by atoms with Gasteiger partial charge in [-0.15, -0.1) is 11.3 Å². The molecule has 1 aromatic carbocycles. The highest BCUT2D eigenvalue weighted by Gasteiger charge is 2.09. The van der Waals surface area contributed by atoms with Crippen molar-refractivity contribution in [3.63, 3.8) is 0 Å². The molecular weight excluding hydrogens is 326 g/mol. The van der Waals surface area contributed by atoms with Crippen molar-refractivity contribution in [3.05, 3.63) is 44.3 Å². The number of benzene rings is 1. The van der Waals surface area contributed by atoms with E-state index in [0.717, 1.165) is 16.6 Å². The molecule has 0 aliphatic rings. The van der Waals surface area contributed by atoms with Gasteiger partial charge in [0.05, 0.1) is 23.4 Å². The van der Waals surface area contributed by atoms with Gasteiger partial charge in [-0.25, -0.2) is 4.98 Å². The largest absolute Gasteiger partial charge is 0.492 e. The molecule has 19 heavy (non-hydrogen) atoms. The summed E-state index contributed by atoms with van der Waals surface area (Å²) in [7, 11) is 0. The molecule has 0 aliphatic carbocycles. The maximum absolute atomic E-state index is 11.6. The third kappa shape index (κ3) is 3.64. The van der Waals surface area contributed by atoms with Gasteiger partial charge in [-0.3, -0.25) is 4.79 Å². The van der Waals surface area contributed by atoms with Crippen LogP contribution in [-0.4, -0.2) is 17.4 Å². The number of thiazole rings is 1. The van der Waals surface area contributed by atoms with Crippen LogP contribution in [0.25, 0.3) is 0 Å². The Hall–Kier alpha value is -1.20. The van der Waals surface area contributed by atoms with Crippen molar-refractivity contribution in [2.24, 2.45) is 0 Å². The second-order valence-electron chi connectivity index (χ2n) is 4.16. The summed E-state index contributed by atoms with van der Waals surface area (Å²) in [5, 5.41) is 0. The van der Waals surface area contributed by atoms with Gasteiger partial charge in [-0.1, -0.05) is 15.9 Å². The number of aryl methyl sites for hydroxylation is 1. The molecule has 3 nitrogen and oxygen atoms in total. The van der Waals surface area contributed by atoms with Gasteiger partial charge in [-0.05, 0) is 32.0 Å². The number of ether oxygens (including phenoxy) is 1. The molecule has 5 heteroatoms. The monoisotopic (exact) mass is 339 g/mol. The van der Waals surface area contributed by atoms with Crippen LogP contribution < -0.4 is 4.74 Å². The third-order valence-corrected chi connectivity index (χ3v) is 4.24. The number of rotatable bonds is 5. The van der Waals surface area contributed by atoms with Crippen molar-refractivity contribution in [1.82, 2.24) is 4.98 Å². The Balaban J connectivity index is 2.03. The molecule has 0 fully saturated rings. The van der Waals surface area contributed by atoms with Crippen LogP contribution in [0.4, 0.5) is 0 Å². The number of hydrogen-bond donors (Lipinski definition) is 0.